The van der Waals surface area contributed by atoms with Crippen LogP contribution in [0.5, 0.6) is 0 Å². The highest BCUT2D eigenvalue weighted by atomic mass is 16.2. The lowest BCUT2D eigenvalue weighted by Crippen LogP contribution is -2.49. The molecule has 4 aromatic rings. The van der Waals surface area contributed by atoms with Crippen LogP contribution in [0.3, 0.4) is 0 Å². The fourth-order valence-electron chi connectivity index (χ4n) is 3.68. The summed E-state index contributed by atoms with van der Waals surface area (Å²) in [6.45, 7) is 4.60. The summed E-state index contributed by atoms with van der Waals surface area (Å²) in [7, 11) is 0. The average molecular weight is 400 g/mol. The highest BCUT2D eigenvalue weighted by Gasteiger charge is 2.23. The summed E-state index contributed by atoms with van der Waals surface area (Å²) in [5.74, 6) is 2.52. The smallest absolute Gasteiger partial charge is 0.254 e. The van der Waals surface area contributed by atoms with E-state index in [0.29, 0.717) is 31.7 Å². The predicted octanol–water partition coefficient (Wildman–Crippen LogP) is 1.88. The minimum Gasteiger partial charge on any atom is -0.353 e. The number of amides is 1. The van der Waals surface area contributed by atoms with Crippen LogP contribution in [0, 0.1) is 6.92 Å². The van der Waals surface area contributed by atoms with Gasteiger partial charge in [0.15, 0.2) is 0 Å². The van der Waals surface area contributed by atoms with Crippen LogP contribution < -0.4 is 4.90 Å². The molecule has 0 spiro atoms. The zero-order chi connectivity index (χ0) is 20.5. The molecule has 0 atom stereocenters. The average Bonchev–Trinajstić information content (AvgIpc) is 3.24. The largest absolute Gasteiger partial charge is 0.353 e. The molecule has 0 bridgehead atoms. The number of hydrogen-bond acceptors (Lipinski definition) is 7. The molecular formula is C21H20N8O. The van der Waals surface area contributed by atoms with Crippen molar-refractivity contribution in [3.63, 3.8) is 0 Å². The van der Waals surface area contributed by atoms with Crippen molar-refractivity contribution in [3.8, 4) is 5.82 Å². The molecule has 1 saturated heterocycles. The Morgan fingerprint density at radius 3 is 2.37 bits per heavy atom. The van der Waals surface area contributed by atoms with E-state index in [0.717, 1.165) is 28.5 Å². The summed E-state index contributed by atoms with van der Waals surface area (Å²) in [5.41, 5.74) is 2.15. The van der Waals surface area contributed by atoms with Crippen LogP contribution >= 0.6 is 0 Å². The van der Waals surface area contributed by atoms with Gasteiger partial charge in [-0.2, -0.15) is 0 Å². The van der Waals surface area contributed by atoms with E-state index in [1.54, 1.807) is 31.0 Å². The monoisotopic (exact) mass is 400 g/mol. The Labute approximate surface area is 173 Å². The quantitative estimate of drug-likeness (QED) is 0.518. The van der Waals surface area contributed by atoms with E-state index < -0.39 is 0 Å². The molecule has 30 heavy (non-hydrogen) atoms. The first kappa shape index (κ1) is 18.2. The van der Waals surface area contributed by atoms with Gasteiger partial charge in [-0.15, -0.1) is 0 Å². The Morgan fingerprint density at radius 1 is 0.833 bits per heavy atom. The first-order chi connectivity index (χ1) is 14.7. The second-order valence-electron chi connectivity index (χ2n) is 7.12. The number of hydrogen-bond donors (Lipinski definition) is 0. The van der Waals surface area contributed by atoms with Gasteiger partial charge in [-0.05, 0) is 25.1 Å². The lowest BCUT2D eigenvalue weighted by Gasteiger charge is -2.35. The van der Waals surface area contributed by atoms with Crippen molar-refractivity contribution in [2.75, 3.05) is 31.1 Å². The van der Waals surface area contributed by atoms with Crippen molar-refractivity contribution in [1.82, 2.24) is 34.4 Å². The first-order valence-corrected chi connectivity index (χ1v) is 9.76. The number of benzene rings is 1. The number of nitrogens with zero attached hydrogens (tertiary/aromatic N) is 8. The standard InChI is InChI=1S/C21H20N8O/c1-15-22-6-7-29(15)20-13-19(25-14-26-20)27-8-10-28(11-9-27)21(30)16-2-3-17-18(12-16)24-5-4-23-17/h2-7,12-14H,8-11H2,1H3. The number of piperazine rings is 1. The zero-order valence-corrected chi connectivity index (χ0v) is 16.5. The molecule has 0 unspecified atom stereocenters. The van der Waals surface area contributed by atoms with Gasteiger partial charge in [0.05, 0.1) is 11.0 Å². The number of fused-ring (bicyclic) bond motifs is 1. The maximum absolute atomic E-state index is 13.0. The summed E-state index contributed by atoms with van der Waals surface area (Å²) in [4.78, 5) is 38.6. The summed E-state index contributed by atoms with van der Waals surface area (Å²) in [6.07, 6.45) is 8.48. The first-order valence-electron chi connectivity index (χ1n) is 9.76. The molecule has 1 aliphatic heterocycles. The molecule has 9 heteroatoms. The minimum atomic E-state index is 0.0135. The molecule has 150 valence electrons. The summed E-state index contributed by atoms with van der Waals surface area (Å²) in [5, 5.41) is 0. The summed E-state index contributed by atoms with van der Waals surface area (Å²) >= 11 is 0. The van der Waals surface area contributed by atoms with E-state index in [9.17, 15) is 4.79 Å². The predicted molar refractivity (Wildman–Crippen MR) is 112 cm³/mol. The van der Waals surface area contributed by atoms with Crippen LogP contribution in [0.15, 0.2) is 55.4 Å². The molecule has 1 fully saturated rings. The lowest BCUT2D eigenvalue weighted by atomic mass is 10.1. The van der Waals surface area contributed by atoms with Crippen LogP contribution in [0.25, 0.3) is 16.9 Å². The lowest BCUT2D eigenvalue weighted by molar-refractivity contribution is 0.0746. The van der Waals surface area contributed by atoms with E-state index in [1.807, 2.05) is 40.8 Å². The molecule has 0 saturated carbocycles. The molecule has 0 aliphatic carbocycles. The van der Waals surface area contributed by atoms with Gasteiger partial charge in [-0.3, -0.25) is 19.3 Å². The van der Waals surface area contributed by atoms with Crippen molar-refractivity contribution >= 4 is 22.8 Å². The van der Waals surface area contributed by atoms with Crippen molar-refractivity contribution < 1.29 is 4.79 Å². The van der Waals surface area contributed by atoms with Crippen LogP contribution in [0.1, 0.15) is 16.2 Å². The second kappa shape index (κ2) is 7.51. The highest BCUT2D eigenvalue weighted by molar-refractivity contribution is 5.97. The van der Waals surface area contributed by atoms with Gasteiger partial charge >= 0.3 is 0 Å². The zero-order valence-electron chi connectivity index (χ0n) is 16.5. The van der Waals surface area contributed by atoms with Gasteiger partial charge in [-0.25, -0.2) is 15.0 Å². The molecule has 9 nitrogen and oxygen atoms in total. The van der Waals surface area contributed by atoms with Gasteiger partial charge in [-0.1, -0.05) is 0 Å². The van der Waals surface area contributed by atoms with E-state index in [1.165, 1.54) is 0 Å². The fourth-order valence-corrected chi connectivity index (χ4v) is 3.68. The molecule has 1 amide bonds. The molecule has 5 rings (SSSR count). The van der Waals surface area contributed by atoms with Crippen molar-refractivity contribution in [2.24, 2.45) is 0 Å². The number of aryl methyl sites for hydroxylation is 1. The van der Waals surface area contributed by atoms with E-state index in [2.05, 4.69) is 29.8 Å². The van der Waals surface area contributed by atoms with Crippen molar-refractivity contribution in [3.05, 3.63) is 66.8 Å². The third-order valence-electron chi connectivity index (χ3n) is 5.32. The van der Waals surface area contributed by atoms with Crippen molar-refractivity contribution in [2.45, 2.75) is 6.92 Å². The molecule has 0 radical (unpaired) electrons. The maximum atomic E-state index is 13.0. The van der Waals surface area contributed by atoms with Crippen LogP contribution in [0.2, 0.25) is 0 Å². The van der Waals surface area contributed by atoms with Crippen molar-refractivity contribution in [1.29, 1.82) is 0 Å². The van der Waals surface area contributed by atoms with Crippen LogP contribution in [0.4, 0.5) is 5.82 Å². The minimum absolute atomic E-state index is 0.0135. The molecule has 1 aromatic carbocycles. The summed E-state index contributed by atoms with van der Waals surface area (Å²) in [6, 6.07) is 7.41. The second-order valence-corrected chi connectivity index (χ2v) is 7.12. The fraction of sp³-hybridized carbons (Fsp3) is 0.238. The number of imidazole rings is 1. The SMILES string of the molecule is Cc1nccn1-c1cc(N2CCN(C(=O)c3ccc4nccnc4c3)CC2)ncn1. The Bertz CT molecular complexity index is 1210. The van der Waals surface area contributed by atoms with Gasteiger partial charge in [0.2, 0.25) is 0 Å². The Hall–Kier alpha value is -3.88. The number of aromatic nitrogens is 6. The number of rotatable bonds is 3. The van der Waals surface area contributed by atoms with Gasteiger partial charge < -0.3 is 9.80 Å². The van der Waals surface area contributed by atoms with E-state index >= 15 is 0 Å². The number of carbonyl (C=O) groups excluding carboxylic acids is 1. The number of anilines is 1. The van der Waals surface area contributed by atoms with Gasteiger partial charge in [0.1, 0.15) is 23.8 Å². The third-order valence-corrected chi connectivity index (χ3v) is 5.32. The Balaban J connectivity index is 1.29. The van der Waals surface area contributed by atoms with E-state index in [-0.39, 0.29) is 5.91 Å². The highest BCUT2D eigenvalue weighted by Crippen LogP contribution is 2.19. The maximum Gasteiger partial charge on any atom is 0.254 e. The molecule has 1 aliphatic rings. The normalized spacial score (nSPS) is 14.3. The van der Waals surface area contributed by atoms with E-state index in [4.69, 9.17) is 0 Å². The molecular weight excluding hydrogens is 380 g/mol. The van der Waals surface area contributed by atoms with Gasteiger partial charge in [0, 0.05) is 62.6 Å². The Morgan fingerprint density at radius 2 is 1.60 bits per heavy atom. The topological polar surface area (TPSA) is 92.9 Å². The van der Waals surface area contributed by atoms with Gasteiger partial charge in [0.25, 0.3) is 5.91 Å². The molecule has 0 N–H and O–H groups in total. The summed E-state index contributed by atoms with van der Waals surface area (Å²) < 4.78 is 1.92. The molecule has 3 aromatic heterocycles. The third kappa shape index (κ3) is 3.34. The number of carbonyl (C=O) groups is 1. The van der Waals surface area contributed by atoms with Crippen LogP contribution in [-0.4, -0.2) is 66.5 Å². The van der Waals surface area contributed by atoms with Crippen LogP contribution in [-0.2, 0) is 0 Å². The molecule has 4 heterocycles. The Kier molecular flexibility index (Phi) is 4.55.